The molecule has 0 fully saturated rings. The number of thioether (sulfide) groups is 1. The van der Waals surface area contributed by atoms with Crippen molar-refractivity contribution >= 4 is 23.6 Å². The standard InChI is InChI=1S/C19H22N2O3S/c1-24-16-9-7-15(8-10-16)18(25-12-11-21-19(20)23)13-17(22)14-5-3-2-4-6-14/h2-10,18H,11-13H2,1H3,(H3,20,21,23). The minimum absolute atomic E-state index is 0.00621. The lowest BCUT2D eigenvalue weighted by Gasteiger charge is -2.17. The fourth-order valence-electron chi connectivity index (χ4n) is 2.38. The number of ether oxygens (including phenoxy) is 1. The van der Waals surface area contributed by atoms with Gasteiger partial charge < -0.3 is 15.8 Å². The van der Waals surface area contributed by atoms with E-state index in [1.807, 2.05) is 54.6 Å². The summed E-state index contributed by atoms with van der Waals surface area (Å²) in [6.07, 6.45) is 0.386. The lowest BCUT2D eigenvalue weighted by molar-refractivity contribution is 0.0982. The number of methoxy groups -OCH3 is 1. The van der Waals surface area contributed by atoms with E-state index in [1.165, 1.54) is 0 Å². The molecular formula is C19H22N2O3S. The van der Waals surface area contributed by atoms with Crippen molar-refractivity contribution in [3.63, 3.8) is 0 Å². The van der Waals surface area contributed by atoms with Gasteiger partial charge in [-0.1, -0.05) is 42.5 Å². The third kappa shape index (κ3) is 6.15. The molecule has 1 atom stereocenters. The second-order valence-corrected chi connectivity index (χ2v) is 6.73. The van der Waals surface area contributed by atoms with Gasteiger partial charge in [0.25, 0.3) is 0 Å². The highest BCUT2D eigenvalue weighted by Crippen LogP contribution is 2.34. The number of benzene rings is 2. The molecule has 0 heterocycles. The summed E-state index contributed by atoms with van der Waals surface area (Å²) in [7, 11) is 1.62. The van der Waals surface area contributed by atoms with Crippen LogP contribution in [0.25, 0.3) is 0 Å². The Morgan fingerprint density at radius 1 is 1.12 bits per heavy atom. The molecule has 25 heavy (non-hydrogen) atoms. The Morgan fingerprint density at radius 2 is 1.80 bits per heavy atom. The number of carbonyl (C=O) groups is 2. The minimum Gasteiger partial charge on any atom is -0.497 e. The molecule has 2 amide bonds. The molecule has 5 nitrogen and oxygen atoms in total. The Bertz CT molecular complexity index is 690. The monoisotopic (exact) mass is 358 g/mol. The first-order valence-electron chi connectivity index (χ1n) is 7.97. The number of nitrogens with two attached hydrogens (primary N) is 1. The largest absolute Gasteiger partial charge is 0.497 e. The first-order chi connectivity index (χ1) is 12.1. The number of amides is 2. The Labute approximate surface area is 151 Å². The van der Waals surface area contributed by atoms with E-state index in [0.29, 0.717) is 24.3 Å². The maximum absolute atomic E-state index is 12.6. The van der Waals surface area contributed by atoms with Gasteiger partial charge in [0.2, 0.25) is 0 Å². The fraction of sp³-hybridized carbons (Fsp3) is 0.263. The zero-order chi connectivity index (χ0) is 18.1. The van der Waals surface area contributed by atoms with Crippen LogP contribution in [0.2, 0.25) is 0 Å². The van der Waals surface area contributed by atoms with Crippen molar-refractivity contribution in [1.82, 2.24) is 5.32 Å². The summed E-state index contributed by atoms with van der Waals surface area (Å²) < 4.78 is 5.19. The van der Waals surface area contributed by atoms with Crippen LogP contribution >= 0.6 is 11.8 Å². The third-order valence-electron chi connectivity index (χ3n) is 3.67. The number of primary amides is 1. The summed E-state index contributed by atoms with van der Waals surface area (Å²) in [5.41, 5.74) is 6.84. The van der Waals surface area contributed by atoms with E-state index < -0.39 is 6.03 Å². The Balaban J connectivity index is 2.07. The SMILES string of the molecule is COc1ccc(C(CC(=O)c2ccccc2)SCCNC(N)=O)cc1. The zero-order valence-electron chi connectivity index (χ0n) is 14.1. The zero-order valence-corrected chi connectivity index (χ0v) is 14.9. The molecule has 132 valence electrons. The normalized spacial score (nSPS) is 11.6. The Hall–Kier alpha value is -2.47. The molecule has 0 aliphatic carbocycles. The van der Waals surface area contributed by atoms with Crippen LogP contribution in [0.5, 0.6) is 5.75 Å². The molecule has 6 heteroatoms. The van der Waals surface area contributed by atoms with Crippen molar-refractivity contribution < 1.29 is 14.3 Å². The van der Waals surface area contributed by atoms with Crippen molar-refractivity contribution in [2.45, 2.75) is 11.7 Å². The summed E-state index contributed by atoms with van der Waals surface area (Å²) in [6.45, 7) is 0.464. The Morgan fingerprint density at radius 3 is 2.40 bits per heavy atom. The van der Waals surface area contributed by atoms with Gasteiger partial charge in [0, 0.05) is 29.5 Å². The van der Waals surface area contributed by atoms with Crippen LogP contribution in [0.4, 0.5) is 4.79 Å². The van der Waals surface area contributed by atoms with Gasteiger partial charge in [0.05, 0.1) is 7.11 Å². The molecule has 2 aromatic carbocycles. The van der Waals surface area contributed by atoms with Crippen LogP contribution < -0.4 is 15.8 Å². The van der Waals surface area contributed by atoms with E-state index in [4.69, 9.17) is 10.5 Å². The smallest absolute Gasteiger partial charge is 0.312 e. The number of rotatable bonds is 9. The first-order valence-corrected chi connectivity index (χ1v) is 9.02. The van der Waals surface area contributed by atoms with Gasteiger partial charge in [-0.2, -0.15) is 11.8 Å². The molecule has 0 saturated heterocycles. The number of nitrogens with one attached hydrogen (secondary N) is 1. The molecule has 2 rings (SSSR count). The summed E-state index contributed by atoms with van der Waals surface area (Å²) in [5, 5.41) is 2.56. The van der Waals surface area contributed by atoms with E-state index in [2.05, 4.69) is 5.32 Å². The molecule has 0 radical (unpaired) electrons. The van der Waals surface area contributed by atoms with E-state index in [-0.39, 0.29) is 11.0 Å². The predicted molar refractivity (Wildman–Crippen MR) is 101 cm³/mol. The van der Waals surface area contributed by atoms with E-state index >= 15 is 0 Å². The van der Waals surface area contributed by atoms with Gasteiger partial charge >= 0.3 is 6.03 Å². The Kier molecular flexibility index (Phi) is 7.35. The highest BCUT2D eigenvalue weighted by Gasteiger charge is 2.18. The first kappa shape index (κ1) is 18.9. The van der Waals surface area contributed by atoms with Crippen molar-refractivity contribution in [3.05, 3.63) is 65.7 Å². The molecule has 2 aromatic rings. The molecule has 0 aromatic heterocycles. The van der Waals surface area contributed by atoms with Crippen molar-refractivity contribution in [1.29, 1.82) is 0 Å². The number of carbonyl (C=O) groups excluding carboxylic acids is 2. The van der Waals surface area contributed by atoms with E-state index in [0.717, 1.165) is 11.3 Å². The highest BCUT2D eigenvalue weighted by atomic mass is 32.2. The quantitative estimate of drug-likeness (QED) is 0.532. The topological polar surface area (TPSA) is 81.4 Å². The summed E-state index contributed by atoms with van der Waals surface area (Å²) in [5.74, 6) is 1.54. The van der Waals surface area contributed by atoms with Crippen molar-refractivity contribution in [3.8, 4) is 5.75 Å². The maximum Gasteiger partial charge on any atom is 0.312 e. The number of hydrogen-bond donors (Lipinski definition) is 2. The summed E-state index contributed by atoms with van der Waals surface area (Å²) >= 11 is 1.62. The lowest BCUT2D eigenvalue weighted by Crippen LogP contribution is -2.31. The maximum atomic E-state index is 12.6. The lowest BCUT2D eigenvalue weighted by atomic mass is 10.0. The minimum atomic E-state index is -0.540. The molecule has 0 spiro atoms. The molecule has 0 saturated carbocycles. The van der Waals surface area contributed by atoms with Crippen LogP contribution in [0.3, 0.4) is 0 Å². The molecule has 1 unspecified atom stereocenters. The molecule has 0 aliphatic rings. The van der Waals surface area contributed by atoms with Gasteiger partial charge in [0.15, 0.2) is 5.78 Å². The second kappa shape index (κ2) is 9.74. The van der Waals surface area contributed by atoms with Gasteiger partial charge in [-0.05, 0) is 17.7 Å². The summed E-state index contributed by atoms with van der Waals surface area (Å²) in [6, 6.07) is 16.4. The number of ketones is 1. The number of urea groups is 1. The molecule has 0 bridgehead atoms. The van der Waals surface area contributed by atoms with Crippen LogP contribution in [0, 0.1) is 0 Å². The van der Waals surface area contributed by atoms with Crippen molar-refractivity contribution in [2.24, 2.45) is 5.73 Å². The van der Waals surface area contributed by atoms with Crippen LogP contribution in [0.15, 0.2) is 54.6 Å². The molecule has 3 N–H and O–H groups in total. The third-order valence-corrected chi connectivity index (χ3v) is 4.96. The average molecular weight is 358 g/mol. The second-order valence-electron chi connectivity index (χ2n) is 5.42. The van der Waals surface area contributed by atoms with E-state index in [9.17, 15) is 9.59 Å². The van der Waals surface area contributed by atoms with E-state index in [1.54, 1.807) is 18.9 Å². The highest BCUT2D eigenvalue weighted by molar-refractivity contribution is 7.99. The van der Waals surface area contributed by atoms with Crippen molar-refractivity contribution in [2.75, 3.05) is 19.4 Å². The van der Waals surface area contributed by atoms with Crippen LogP contribution in [0.1, 0.15) is 27.6 Å². The number of hydrogen-bond acceptors (Lipinski definition) is 4. The average Bonchev–Trinajstić information content (AvgIpc) is 2.64. The number of Topliss-reactive ketones (excluding diaryl/α,β-unsaturated/α-hetero) is 1. The summed E-state index contributed by atoms with van der Waals surface area (Å²) in [4.78, 5) is 23.3. The van der Waals surface area contributed by atoms with Gasteiger partial charge in [0.1, 0.15) is 5.75 Å². The fourth-order valence-corrected chi connectivity index (χ4v) is 3.50. The predicted octanol–water partition coefficient (Wildman–Crippen LogP) is 3.41. The van der Waals surface area contributed by atoms with Crippen LogP contribution in [-0.4, -0.2) is 31.2 Å². The van der Waals surface area contributed by atoms with Gasteiger partial charge in [-0.25, -0.2) is 4.79 Å². The van der Waals surface area contributed by atoms with Crippen LogP contribution in [-0.2, 0) is 0 Å². The molecule has 0 aliphatic heterocycles. The molecular weight excluding hydrogens is 336 g/mol. The van der Waals surface area contributed by atoms with Gasteiger partial charge in [-0.15, -0.1) is 0 Å². The van der Waals surface area contributed by atoms with Gasteiger partial charge in [-0.3, -0.25) is 4.79 Å².